The number of carbonyl (C=O) groups excluding carboxylic acids is 1. The van der Waals surface area contributed by atoms with Crippen LogP contribution in [0.15, 0.2) is 42.5 Å². The molecule has 5 heteroatoms. The van der Waals surface area contributed by atoms with Gasteiger partial charge in [-0.05, 0) is 22.9 Å². The van der Waals surface area contributed by atoms with Crippen LogP contribution in [-0.4, -0.2) is 23.0 Å². The number of hydrogen-bond donors (Lipinski definition) is 2. The minimum atomic E-state index is -1.14. The van der Waals surface area contributed by atoms with Crippen LogP contribution in [-0.2, 0) is 4.79 Å². The quantitative estimate of drug-likeness (QED) is 0.887. The number of carboxylic acid groups (broad SMARTS) is 1. The van der Waals surface area contributed by atoms with E-state index < -0.39 is 23.8 Å². The number of fused-ring (bicyclic) bond motifs is 1. The second-order valence-corrected chi connectivity index (χ2v) is 5.19. The number of nitrogens with zero attached hydrogens (tertiary/aromatic N) is 1. The summed E-state index contributed by atoms with van der Waals surface area (Å²) in [7, 11) is 0. The summed E-state index contributed by atoms with van der Waals surface area (Å²) in [6, 6.07) is 13.6. The van der Waals surface area contributed by atoms with Gasteiger partial charge in [-0.15, -0.1) is 0 Å². The number of hydrogen-bond acceptors (Lipinski definition) is 3. The Balaban J connectivity index is 2.21. The Hall–Kier alpha value is -2.87. The van der Waals surface area contributed by atoms with Gasteiger partial charge in [-0.2, -0.15) is 5.26 Å². The SMILES string of the molecule is C[C@@H](CC#N)[C@H](NC(=O)c1ccc2ccccc2c1)C(=O)O. The van der Waals surface area contributed by atoms with E-state index in [-0.39, 0.29) is 6.42 Å². The van der Waals surface area contributed by atoms with E-state index >= 15 is 0 Å². The van der Waals surface area contributed by atoms with Crippen LogP contribution in [0.5, 0.6) is 0 Å². The lowest BCUT2D eigenvalue weighted by Crippen LogP contribution is -2.45. The van der Waals surface area contributed by atoms with Crippen molar-refractivity contribution in [2.24, 2.45) is 5.92 Å². The lowest BCUT2D eigenvalue weighted by molar-refractivity contribution is -0.140. The fraction of sp³-hybridized carbons (Fsp3) is 0.235. The van der Waals surface area contributed by atoms with E-state index in [0.717, 1.165) is 10.8 Å². The molecule has 22 heavy (non-hydrogen) atoms. The minimum Gasteiger partial charge on any atom is -0.480 e. The summed E-state index contributed by atoms with van der Waals surface area (Å²) >= 11 is 0. The second-order valence-electron chi connectivity index (χ2n) is 5.19. The van der Waals surface area contributed by atoms with Crippen LogP contribution >= 0.6 is 0 Å². The molecule has 2 atom stereocenters. The number of carboxylic acids is 1. The van der Waals surface area contributed by atoms with E-state index in [1.807, 2.05) is 36.4 Å². The first-order valence-electron chi connectivity index (χ1n) is 6.92. The highest BCUT2D eigenvalue weighted by molar-refractivity contribution is 6.00. The van der Waals surface area contributed by atoms with Crippen LogP contribution in [0.4, 0.5) is 0 Å². The molecule has 2 aromatic rings. The maximum absolute atomic E-state index is 12.3. The van der Waals surface area contributed by atoms with Crippen molar-refractivity contribution in [2.75, 3.05) is 0 Å². The molecular formula is C17H16N2O3. The Morgan fingerprint density at radius 1 is 1.23 bits per heavy atom. The number of nitriles is 1. The molecule has 0 saturated carbocycles. The van der Waals surface area contributed by atoms with Crippen molar-refractivity contribution in [2.45, 2.75) is 19.4 Å². The molecule has 0 saturated heterocycles. The van der Waals surface area contributed by atoms with Crippen molar-refractivity contribution < 1.29 is 14.7 Å². The van der Waals surface area contributed by atoms with Crippen molar-refractivity contribution in [3.05, 3.63) is 48.0 Å². The Labute approximate surface area is 128 Å². The maximum Gasteiger partial charge on any atom is 0.326 e. The largest absolute Gasteiger partial charge is 0.480 e. The van der Waals surface area contributed by atoms with Gasteiger partial charge in [0.15, 0.2) is 0 Å². The zero-order valence-corrected chi connectivity index (χ0v) is 12.1. The van der Waals surface area contributed by atoms with E-state index in [0.29, 0.717) is 5.56 Å². The monoisotopic (exact) mass is 296 g/mol. The summed E-state index contributed by atoms with van der Waals surface area (Å²) < 4.78 is 0. The van der Waals surface area contributed by atoms with Gasteiger partial charge in [-0.1, -0.05) is 37.3 Å². The number of carbonyl (C=O) groups is 2. The van der Waals surface area contributed by atoms with Crippen LogP contribution < -0.4 is 5.32 Å². The molecule has 0 aliphatic carbocycles. The van der Waals surface area contributed by atoms with Gasteiger partial charge in [0, 0.05) is 17.9 Å². The molecular weight excluding hydrogens is 280 g/mol. The summed E-state index contributed by atoms with van der Waals surface area (Å²) in [6.07, 6.45) is 0.0645. The third-order valence-corrected chi connectivity index (χ3v) is 3.55. The smallest absolute Gasteiger partial charge is 0.326 e. The highest BCUT2D eigenvalue weighted by Gasteiger charge is 2.26. The summed E-state index contributed by atoms with van der Waals surface area (Å²) in [5.74, 6) is -2.06. The van der Waals surface area contributed by atoms with E-state index in [1.165, 1.54) is 0 Å². The number of nitrogens with one attached hydrogen (secondary N) is 1. The number of aliphatic carboxylic acids is 1. The van der Waals surface area contributed by atoms with Crippen LogP contribution in [0.25, 0.3) is 10.8 Å². The fourth-order valence-corrected chi connectivity index (χ4v) is 2.26. The molecule has 1 amide bonds. The van der Waals surface area contributed by atoms with Gasteiger partial charge in [0.2, 0.25) is 0 Å². The van der Waals surface area contributed by atoms with Gasteiger partial charge < -0.3 is 10.4 Å². The van der Waals surface area contributed by atoms with Crippen molar-refractivity contribution in [3.63, 3.8) is 0 Å². The highest BCUT2D eigenvalue weighted by atomic mass is 16.4. The van der Waals surface area contributed by atoms with Gasteiger partial charge in [0.25, 0.3) is 5.91 Å². The molecule has 5 nitrogen and oxygen atoms in total. The van der Waals surface area contributed by atoms with Gasteiger partial charge in [-0.25, -0.2) is 4.79 Å². The third-order valence-electron chi connectivity index (χ3n) is 3.55. The van der Waals surface area contributed by atoms with Crippen LogP contribution in [0.3, 0.4) is 0 Å². The number of amides is 1. The maximum atomic E-state index is 12.3. The molecule has 0 fully saturated rings. The average Bonchev–Trinajstić information content (AvgIpc) is 2.51. The summed E-state index contributed by atoms with van der Waals surface area (Å²) in [5.41, 5.74) is 0.397. The fourth-order valence-electron chi connectivity index (χ4n) is 2.26. The molecule has 0 bridgehead atoms. The number of rotatable bonds is 5. The van der Waals surface area contributed by atoms with Crippen molar-refractivity contribution >= 4 is 22.6 Å². The molecule has 0 spiro atoms. The standard InChI is InChI=1S/C17H16N2O3/c1-11(8-9-18)15(17(21)22)19-16(20)14-7-6-12-4-2-3-5-13(12)10-14/h2-7,10-11,15H,8H2,1H3,(H,19,20)(H,21,22)/t11-,15-/m0/s1. The van der Waals surface area contributed by atoms with Gasteiger partial charge in [-0.3, -0.25) is 4.79 Å². The number of benzene rings is 2. The second kappa shape index (κ2) is 6.72. The van der Waals surface area contributed by atoms with Gasteiger partial charge in [0.05, 0.1) is 6.07 Å². The zero-order valence-electron chi connectivity index (χ0n) is 12.1. The lowest BCUT2D eigenvalue weighted by Gasteiger charge is -2.19. The van der Waals surface area contributed by atoms with E-state index in [1.54, 1.807) is 19.1 Å². The lowest BCUT2D eigenvalue weighted by atomic mass is 9.98. The molecule has 0 aliphatic rings. The topological polar surface area (TPSA) is 90.2 Å². The normalized spacial score (nSPS) is 13.1. The average molecular weight is 296 g/mol. The Bertz CT molecular complexity index is 749. The van der Waals surface area contributed by atoms with E-state index in [4.69, 9.17) is 5.26 Å². The Morgan fingerprint density at radius 3 is 2.55 bits per heavy atom. The van der Waals surface area contributed by atoms with Crippen molar-refractivity contribution in [1.82, 2.24) is 5.32 Å². The summed E-state index contributed by atoms with van der Waals surface area (Å²) in [6.45, 7) is 1.63. The van der Waals surface area contributed by atoms with Crippen LogP contribution in [0, 0.1) is 17.2 Å². The summed E-state index contributed by atoms with van der Waals surface area (Å²) in [4.78, 5) is 23.5. The van der Waals surface area contributed by atoms with E-state index in [2.05, 4.69) is 5.32 Å². The van der Waals surface area contributed by atoms with Crippen molar-refractivity contribution in [1.29, 1.82) is 5.26 Å². The zero-order chi connectivity index (χ0) is 16.1. The van der Waals surface area contributed by atoms with Crippen LogP contribution in [0.1, 0.15) is 23.7 Å². The van der Waals surface area contributed by atoms with Crippen LogP contribution in [0.2, 0.25) is 0 Å². The van der Waals surface area contributed by atoms with Gasteiger partial charge in [0.1, 0.15) is 6.04 Å². The van der Waals surface area contributed by atoms with Gasteiger partial charge >= 0.3 is 5.97 Å². The minimum absolute atomic E-state index is 0.0645. The Morgan fingerprint density at radius 2 is 1.91 bits per heavy atom. The third kappa shape index (κ3) is 3.41. The predicted molar refractivity (Wildman–Crippen MR) is 82.2 cm³/mol. The Kier molecular flexibility index (Phi) is 4.74. The molecule has 0 aromatic heterocycles. The molecule has 2 N–H and O–H groups in total. The molecule has 2 aromatic carbocycles. The predicted octanol–water partition coefficient (Wildman–Crippen LogP) is 2.57. The molecule has 0 aliphatic heterocycles. The molecule has 0 heterocycles. The van der Waals surface area contributed by atoms with Crippen molar-refractivity contribution in [3.8, 4) is 6.07 Å². The first-order valence-corrected chi connectivity index (χ1v) is 6.92. The van der Waals surface area contributed by atoms with E-state index in [9.17, 15) is 14.7 Å². The molecule has 0 unspecified atom stereocenters. The molecule has 2 rings (SSSR count). The molecule has 112 valence electrons. The molecule has 0 radical (unpaired) electrons. The summed E-state index contributed by atoms with van der Waals surface area (Å²) in [5, 5.41) is 22.3. The first kappa shape index (κ1) is 15.5. The first-order chi connectivity index (χ1) is 10.5. The highest BCUT2D eigenvalue weighted by Crippen LogP contribution is 2.16.